The second kappa shape index (κ2) is 8.55. The summed E-state index contributed by atoms with van der Waals surface area (Å²) in [5.74, 6) is 0. The molecule has 4 rings (SSSR count). The Morgan fingerprint density at radius 1 is 1.25 bits per heavy atom. The van der Waals surface area contributed by atoms with Gasteiger partial charge in [0, 0.05) is 14.8 Å². The molecule has 0 aliphatic carbocycles. The van der Waals surface area contributed by atoms with Crippen molar-refractivity contribution < 1.29 is 9.84 Å². The zero-order valence-electron chi connectivity index (χ0n) is 14.7. The van der Waals surface area contributed by atoms with E-state index in [1.54, 1.807) is 11.3 Å². The summed E-state index contributed by atoms with van der Waals surface area (Å²) in [5, 5.41) is 12.9. The lowest BCUT2D eigenvalue weighted by molar-refractivity contribution is 0.0208. The van der Waals surface area contributed by atoms with Gasteiger partial charge in [0.25, 0.3) is 5.56 Å². The second-order valence-corrected chi connectivity index (χ2v) is 8.80. The maximum Gasteiger partial charge on any atom is 0.271 e. The van der Waals surface area contributed by atoms with E-state index in [1.807, 2.05) is 47.8 Å². The fourth-order valence-corrected chi connectivity index (χ4v) is 4.63. The number of fused-ring (bicyclic) bond motifs is 1. The minimum Gasteiger partial charge on any atom is -0.389 e. The van der Waals surface area contributed by atoms with E-state index in [2.05, 4.69) is 4.98 Å². The normalized spacial score (nSPS) is 12.5. The van der Waals surface area contributed by atoms with Gasteiger partial charge in [0.2, 0.25) is 0 Å². The fourth-order valence-electron chi connectivity index (χ4n) is 2.80. The summed E-state index contributed by atoms with van der Waals surface area (Å²) < 4.78 is 7.53. The van der Waals surface area contributed by atoms with Crippen molar-refractivity contribution in [3.8, 4) is 10.4 Å². The number of hydrogen-bond acceptors (Lipinski definition) is 6. The minimum atomic E-state index is -0.785. The molecule has 3 aromatic heterocycles. The first-order valence-electron chi connectivity index (χ1n) is 8.63. The van der Waals surface area contributed by atoms with Crippen LogP contribution in [0, 0.1) is 0 Å². The van der Waals surface area contributed by atoms with E-state index in [4.69, 9.17) is 16.3 Å². The highest BCUT2D eigenvalue weighted by Gasteiger charge is 2.13. The van der Waals surface area contributed by atoms with Gasteiger partial charge in [0.05, 0.1) is 37.7 Å². The summed E-state index contributed by atoms with van der Waals surface area (Å²) in [4.78, 5) is 19.2. The Bertz CT molecular complexity index is 1120. The highest BCUT2D eigenvalue weighted by Crippen LogP contribution is 2.31. The number of nitrogens with zero attached hydrogens (tertiary/aromatic N) is 2. The molecule has 0 amide bonds. The molecular weight excluding hydrogens is 416 g/mol. The largest absolute Gasteiger partial charge is 0.389 e. The summed E-state index contributed by atoms with van der Waals surface area (Å²) in [5.41, 5.74) is 1.48. The average molecular weight is 433 g/mol. The molecule has 144 valence electrons. The minimum absolute atomic E-state index is 0.139. The smallest absolute Gasteiger partial charge is 0.271 e. The Morgan fingerprint density at radius 2 is 2.07 bits per heavy atom. The lowest BCUT2D eigenvalue weighted by Gasteiger charge is -2.12. The Labute approximate surface area is 174 Å². The van der Waals surface area contributed by atoms with Gasteiger partial charge in [-0.05, 0) is 35.2 Å². The second-order valence-electron chi connectivity index (χ2n) is 6.28. The maximum absolute atomic E-state index is 12.8. The van der Waals surface area contributed by atoms with Crippen LogP contribution in [0.15, 0.2) is 59.0 Å². The van der Waals surface area contributed by atoms with E-state index in [9.17, 15) is 9.90 Å². The number of hydrogen-bond donors (Lipinski definition) is 1. The number of rotatable bonds is 7. The first-order chi connectivity index (χ1) is 13.6. The summed E-state index contributed by atoms with van der Waals surface area (Å²) >= 11 is 8.94. The van der Waals surface area contributed by atoms with Gasteiger partial charge in [-0.2, -0.15) is 0 Å². The van der Waals surface area contributed by atoms with Crippen molar-refractivity contribution in [2.45, 2.75) is 19.3 Å². The van der Waals surface area contributed by atoms with Crippen molar-refractivity contribution in [2.24, 2.45) is 0 Å². The summed E-state index contributed by atoms with van der Waals surface area (Å²) in [6, 6.07) is 13.3. The molecule has 0 saturated heterocycles. The van der Waals surface area contributed by atoms with Crippen LogP contribution in [-0.2, 0) is 17.9 Å². The number of thiophene rings is 2. The molecule has 0 bridgehead atoms. The van der Waals surface area contributed by atoms with Crippen LogP contribution >= 0.6 is 34.3 Å². The van der Waals surface area contributed by atoms with E-state index >= 15 is 0 Å². The van der Waals surface area contributed by atoms with Crippen LogP contribution in [0.1, 0.15) is 4.88 Å². The van der Waals surface area contributed by atoms with Crippen molar-refractivity contribution in [3.63, 3.8) is 0 Å². The van der Waals surface area contributed by atoms with Crippen LogP contribution in [0.2, 0.25) is 5.02 Å². The molecule has 0 fully saturated rings. The van der Waals surface area contributed by atoms with E-state index in [0.29, 0.717) is 21.8 Å². The number of ether oxygens (including phenoxy) is 1. The standard InChI is InChI=1S/C20H17ClN2O3S2/c21-14-5-3-13(4-6-14)18-8-17-19(28-18)20(25)23(12-22-17)9-15(24)10-26-11-16-2-1-7-27-16/h1-8,12,15,24H,9-11H2/t15-/m1/s1. The van der Waals surface area contributed by atoms with Crippen molar-refractivity contribution in [2.75, 3.05) is 6.61 Å². The van der Waals surface area contributed by atoms with E-state index < -0.39 is 6.10 Å². The molecule has 28 heavy (non-hydrogen) atoms. The van der Waals surface area contributed by atoms with Crippen LogP contribution in [-0.4, -0.2) is 27.4 Å². The third-order valence-electron chi connectivity index (χ3n) is 4.17. The lowest BCUT2D eigenvalue weighted by atomic mass is 10.2. The van der Waals surface area contributed by atoms with Crippen LogP contribution in [0.5, 0.6) is 0 Å². The predicted molar refractivity (Wildman–Crippen MR) is 114 cm³/mol. The summed E-state index contributed by atoms with van der Waals surface area (Å²) in [6.07, 6.45) is 0.693. The molecule has 0 aliphatic heterocycles. The first kappa shape index (κ1) is 19.3. The molecule has 5 nitrogen and oxygen atoms in total. The van der Waals surface area contributed by atoms with Crippen molar-refractivity contribution >= 4 is 44.5 Å². The van der Waals surface area contributed by atoms with Gasteiger partial charge in [-0.1, -0.05) is 29.8 Å². The number of benzene rings is 1. The molecule has 8 heteroatoms. The molecule has 0 spiro atoms. The molecule has 0 radical (unpaired) electrons. The Balaban J connectivity index is 1.47. The van der Waals surface area contributed by atoms with Gasteiger partial charge in [0.15, 0.2) is 0 Å². The molecule has 1 atom stereocenters. The Kier molecular flexibility index (Phi) is 5.89. The molecular formula is C20H17ClN2O3S2. The molecule has 0 aliphatic rings. The van der Waals surface area contributed by atoms with Gasteiger partial charge in [0.1, 0.15) is 4.70 Å². The monoisotopic (exact) mass is 432 g/mol. The highest BCUT2D eigenvalue weighted by atomic mass is 35.5. The van der Waals surface area contributed by atoms with Crippen LogP contribution in [0.25, 0.3) is 20.7 Å². The zero-order chi connectivity index (χ0) is 19.5. The van der Waals surface area contributed by atoms with E-state index in [1.165, 1.54) is 22.2 Å². The quantitative estimate of drug-likeness (QED) is 0.469. The van der Waals surface area contributed by atoms with E-state index in [0.717, 1.165) is 15.3 Å². The lowest BCUT2D eigenvalue weighted by Crippen LogP contribution is -2.29. The number of aliphatic hydroxyl groups is 1. The van der Waals surface area contributed by atoms with Gasteiger partial charge < -0.3 is 9.84 Å². The number of aliphatic hydroxyl groups excluding tert-OH is 1. The molecule has 1 N–H and O–H groups in total. The molecule has 0 saturated carbocycles. The van der Waals surface area contributed by atoms with Gasteiger partial charge in [-0.25, -0.2) is 4.98 Å². The fraction of sp³-hybridized carbons (Fsp3) is 0.200. The topological polar surface area (TPSA) is 64.4 Å². The van der Waals surface area contributed by atoms with Crippen molar-refractivity contribution in [3.05, 3.63) is 74.4 Å². The van der Waals surface area contributed by atoms with Gasteiger partial charge in [-0.3, -0.25) is 9.36 Å². The molecule has 0 unspecified atom stereocenters. The first-order valence-corrected chi connectivity index (χ1v) is 10.7. The Hall–Kier alpha value is -2.03. The molecule has 1 aromatic carbocycles. The van der Waals surface area contributed by atoms with E-state index in [-0.39, 0.29) is 18.7 Å². The summed E-state index contributed by atoms with van der Waals surface area (Å²) in [6.45, 7) is 0.750. The van der Waals surface area contributed by atoms with Crippen molar-refractivity contribution in [1.29, 1.82) is 0 Å². The summed E-state index contributed by atoms with van der Waals surface area (Å²) in [7, 11) is 0. The third-order valence-corrected chi connectivity index (χ3v) is 6.44. The van der Waals surface area contributed by atoms with Crippen molar-refractivity contribution in [1.82, 2.24) is 9.55 Å². The SMILES string of the molecule is O=c1c2sc(-c3ccc(Cl)cc3)cc2ncn1C[C@@H](O)COCc1cccs1. The van der Waals surface area contributed by atoms with Crippen LogP contribution in [0.3, 0.4) is 0 Å². The Morgan fingerprint density at radius 3 is 2.82 bits per heavy atom. The van der Waals surface area contributed by atoms with Gasteiger partial charge >= 0.3 is 0 Å². The number of halogens is 1. The predicted octanol–water partition coefficient (Wildman–Crippen LogP) is 4.42. The third kappa shape index (κ3) is 4.34. The molecule has 4 aromatic rings. The highest BCUT2D eigenvalue weighted by molar-refractivity contribution is 7.22. The number of aromatic nitrogens is 2. The maximum atomic E-state index is 12.8. The zero-order valence-corrected chi connectivity index (χ0v) is 17.1. The van der Waals surface area contributed by atoms with Crippen LogP contribution in [0.4, 0.5) is 0 Å². The van der Waals surface area contributed by atoms with Crippen LogP contribution < -0.4 is 5.56 Å². The molecule has 3 heterocycles. The van der Waals surface area contributed by atoms with Gasteiger partial charge in [-0.15, -0.1) is 22.7 Å². The average Bonchev–Trinajstić information content (AvgIpc) is 3.35.